The van der Waals surface area contributed by atoms with Gasteiger partial charge in [0.15, 0.2) is 0 Å². The molecule has 3 rings (SSSR count). The maximum Gasteiger partial charge on any atom is 0.416 e. The summed E-state index contributed by atoms with van der Waals surface area (Å²) in [5.74, 6) is 0. The van der Waals surface area contributed by atoms with Crippen molar-refractivity contribution in [3.8, 4) is 0 Å². The first kappa shape index (κ1) is 23.7. The fourth-order valence-corrected chi connectivity index (χ4v) is 3.97. The molecule has 0 bridgehead atoms. The van der Waals surface area contributed by atoms with E-state index in [4.69, 9.17) is 23.2 Å². The normalized spacial score (nSPS) is 11.7. The first-order chi connectivity index (χ1) is 14.9. The predicted molar refractivity (Wildman–Crippen MR) is 118 cm³/mol. The van der Waals surface area contributed by atoms with E-state index < -0.39 is 27.8 Å². The molecule has 0 aliphatic rings. The van der Waals surface area contributed by atoms with Crippen LogP contribution in [0, 0.1) is 0 Å². The molecule has 3 aromatic carbocycles. The molecule has 0 radical (unpaired) electrons. The highest BCUT2D eigenvalue weighted by Crippen LogP contribution is 2.31. The van der Waals surface area contributed by atoms with Crippen molar-refractivity contribution in [3.05, 3.63) is 82.3 Å². The summed E-state index contributed by atoms with van der Waals surface area (Å²) in [6.45, 7) is 0. The van der Waals surface area contributed by atoms with Crippen LogP contribution in [0.15, 0.2) is 71.6 Å². The van der Waals surface area contributed by atoms with Gasteiger partial charge in [-0.2, -0.15) is 13.2 Å². The first-order valence-electron chi connectivity index (χ1n) is 8.77. The summed E-state index contributed by atoms with van der Waals surface area (Å²) in [4.78, 5) is 12.0. The lowest BCUT2D eigenvalue weighted by molar-refractivity contribution is -0.137. The summed E-state index contributed by atoms with van der Waals surface area (Å²) in [6.07, 6.45) is -4.56. The number of rotatable bonds is 5. The van der Waals surface area contributed by atoms with Gasteiger partial charge in [-0.15, -0.1) is 0 Å². The van der Waals surface area contributed by atoms with Gasteiger partial charge in [0, 0.05) is 11.4 Å². The molecule has 0 atom stereocenters. The average Bonchev–Trinajstić information content (AvgIpc) is 2.70. The number of nitrogens with one attached hydrogen (secondary N) is 3. The number of anilines is 3. The van der Waals surface area contributed by atoms with Crippen LogP contribution in [-0.4, -0.2) is 14.4 Å². The number of halogens is 5. The van der Waals surface area contributed by atoms with Gasteiger partial charge in [0.2, 0.25) is 0 Å². The lowest BCUT2D eigenvalue weighted by Crippen LogP contribution is -2.20. The molecule has 0 unspecified atom stereocenters. The Bertz CT molecular complexity index is 1270. The van der Waals surface area contributed by atoms with Crippen molar-refractivity contribution in [3.63, 3.8) is 0 Å². The van der Waals surface area contributed by atoms with Crippen LogP contribution in [0.25, 0.3) is 0 Å². The van der Waals surface area contributed by atoms with E-state index in [0.29, 0.717) is 0 Å². The minimum Gasteiger partial charge on any atom is -0.308 e. The van der Waals surface area contributed by atoms with Crippen molar-refractivity contribution in [1.82, 2.24) is 0 Å². The molecule has 0 aromatic heterocycles. The predicted octanol–water partition coefficient (Wildman–Crippen LogP) is 6.46. The van der Waals surface area contributed by atoms with Crippen LogP contribution >= 0.6 is 23.2 Å². The van der Waals surface area contributed by atoms with Crippen LogP contribution in [0.5, 0.6) is 0 Å². The summed E-state index contributed by atoms with van der Waals surface area (Å²) in [5, 5.41) is 5.07. The largest absolute Gasteiger partial charge is 0.416 e. The zero-order chi connectivity index (χ0) is 23.5. The smallest absolute Gasteiger partial charge is 0.308 e. The second-order valence-corrected chi connectivity index (χ2v) is 8.92. The molecule has 0 saturated heterocycles. The highest BCUT2D eigenvalue weighted by atomic mass is 35.5. The molecule has 0 fully saturated rings. The standard InChI is InChI=1S/C20H14Cl2F3N3O3S/c21-17-8-7-15(11-18(17)22)28-32(30,31)16-6-2-5-14(10-16)27-19(29)26-13-4-1-3-12(9-13)20(23,24)25/h1-11,28H,(H2,26,27,29). The summed E-state index contributed by atoms with van der Waals surface area (Å²) < 4.78 is 66.0. The number of benzene rings is 3. The Morgan fingerprint density at radius 2 is 1.41 bits per heavy atom. The quantitative estimate of drug-likeness (QED) is 0.373. The van der Waals surface area contributed by atoms with Gasteiger partial charge < -0.3 is 10.6 Å². The molecule has 0 spiro atoms. The van der Waals surface area contributed by atoms with Gasteiger partial charge in [0.05, 0.1) is 26.2 Å². The van der Waals surface area contributed by atoms with Gasteiger partial charge in [-0.1, -0.05) is 35.3 Å². The molecular weight excluding hydrogens is 490 g/mol. The highest BCUT2D eigenvalue weighted by molar-refractivity contribution is 7.92. The van der Waals surface area contributed by atoms with Gasteiger partial charge in [-0.05, 0) is 54.6 Å². The third kappa shape index (κ3) is 6.06. The number of sulfonamides is 1. The molecule has 0 aliphatic carbocycles. The zero-order valence-corrected chi connectivity index (χ0v) is 18.2. The second-order valence-electron chi connectivity index (χ2n) is 6.42. The third-order valence-electron chi connectivity index (χ3n) is 4.02. The van der Waals surface area contributed by atoms with Crippen molar-refractivity contribution < 1.29 is 26.4 Å². The van der Waals surface area contributed by atoms with Crippen molar-refractivity contribution in [1.29, 1.82) is 0 Å². The first-order valence-corrected chi connectivity index (χ1v) is 11.0. The van der Waals surface area contributed by atoms with Crippen molar-refractivity contribution in [2.24, 2.45) is 0 Å². The minimum absolute atomic E-state index is 0.0811. The summed E-state index contributed by atoms with van der Waals surface area (Å²) in [7, 11) is -4.03. The van der Waals surface area contributed by atoms with E-state index in [1.165, 1.54) is 48.5 Å². The average molecular weight is 504 g/mol. The molecule has 32 heavy (non-hydrogen) atoms. The van der Waals surface area contributed by atoms with Crippen LogP contribution in [-0.2, 0) is 16.2 Å². The Kier molecular flexibility index (Phi) is 6.87. The summed E-state index contributed by atoms with van der Waals surface area (Å²) in [5.41, 5.74) is -0.717. The fraction of sp³-hybridized carbons (Fsp3) is 0.0500. The third-order valence-corrected chi connectivity index (χ3v) is 6.14. The molecule has 12 heteroatoms. The number of hydrogen-bond donors (Lipinski definition) is 3. The van der Waals surface area contributed by atoms with Crippen LogP contribution in [0.1, 0.15) is 5.56 Å². The maximum absolute atomic E-state index is 12.8. The molecule has 2 amide bonds. The Balaban J connectivity index is 1.73. The number of urea groups is 1. The fourth-order valence-electron chi connectivity index (χ4n) is 2.58. The van der Waals surface area contributed by atoms with E-state index in [0.717, 1.165) is 18.2 Å². The molecule has 168 valence electrons. The molecule has 3 aromatic rings. The van der Waals surface area contributed by atoms with E-state index in [1.807, 2.05) is 0 Å². The number of alkyl halides is 3. The van der Waals surface area contributed by atoms with Crippen molar-refractivity contribution in [2.45, 2.75) is 11.1 Å². The van der Waals surface area contributed by atoms with E-state index in [2.05, 4.69) is 15.4 Å². The molecule has 6 nitrogen and oxygen atoms in total. The maximum atomic E-state index is 12.8. The van der Waals surface area contributed by atoms with Crippen molar-refractivity contribution in [2.75, 3.05) is 15.4 Å². The minimum atomic E-state index is -4.56. The topological polar surface area (TPSA) is 87.3 Å². The van der Waals surface area contributed by atoms with Crippen LogP contribution in [0.2, 0.25) is 10.0 Å². The molecular formula is C20H14Cl2F3N3O3S. The van der Waals surface area contributed by atoms with Gasteiger partial charge in [-0.25, -0.2) is 13.2 Å². The van der Waals surface area contributed by atoms with Crippen molar-refractivity contribution >= 4 is 56.3 Å². The van der Waals surface area contributed by atoms with E-state index in [9.17, 15) is 26.4 Å². The van der Waals surface area contributed by atoms with Crippen LogP contribution in [0.3, 0.4) is 0 Å². The van der Waals surface area contributed by atoms with Gasteiger partial charge >= 0.3 is 12.2 Å². The molecule has 0 saturated carbocycles. The SMILES string of the molecule is O=C(Nc1cccc(C(F)(F)F)c1)Nc1cccc(S(=O)(=O)Nc2ccc(Cl)c(Cl)c2)c1. The molecule has 3 N–H and O–H groups in total. The summed E-state index contributed by atoms with van der Waals surface area (Å²) in [6, 6.07) is 12.7. The van der Waals surface area contributed by atoms with Crippen LogP contribution in [0.4, 0.5) is 35.0 Å². The number of hydrogen-bond acceptors (Lipinski definition) is 3. The Morgan fingerprint density at radius 1 is 0.781 bits per heavy atom. The zero-order valence-electron chi connectivity index (χ0n) is 15.9. The highest BCUT2D eigenvalue weighted by Gasteiger charge is 2.30. The Labute approximate surface area is 191 Å². The molecule has 0 heterocycles. The molecule has 0 aliphatic heterocycles. The number of carbonyl (C=O) groups excluding carboxylic acids is 1. The second kappa shape index (κ2) is 9.27. The van der Waals surface area contributed by atoms with E-state index in [1.54, 1.807) is 0 Å². The van der Waals surface area contributed by atoms with Crippen LogP contribution < -0.4 is 15.4 Å². The van der Waals surface area contributed by atoms with Gasteiger partial charge in [-0.3, -0.25) is 4.72 Å². The number of amides is 2. The summed E-state index contributed by atoms with van der Waals surface area (Å²) >= 11 is 11.7. The lowest BCUT2D eigenvalue weighted by Gasteiger charge is -2.12. The number of carbonyl (C=O) groups is 1. The Hall–Kier alpha value is -2.95. The van der Waals surface area contributed by atoms with Gasteiger partial charge in [0.25, 0.3) is 10.0 Å². The monoisotopic (exact) mass is 503 g/mol. The lowest BCUT2D eigenvalue weighted by atomic mass is 10.2. The van der Waals surface area contributed by atoms with E-state index in [-0.39, 0.29) is 32.0 Å². The van der Waals surface area contributed by atoms with E-state index >= 15 is 0 Å². The Morgan fingerprint density at radius 3 is 2.03 bits per heavy atom. The van der Waals surface area contributed by atoms with Gasteiger partial charge in [0.1, 0.15) is 0 Å².